The Bertz CT molecular complexity index is 482. The van der Waals surface area contributed by atoms with Gasteiger partial charge in [-0.15, -0.1) is 0 Å². The number of ether oxygens (including phenoxy) is 2. The number of halogens is 1. The van der Waals surface area contributed by atoms with Gasteiger partial charge in [-0.1, -0.05) is 0 Å². The molecule has 0 saturated carbocycles. The Morgan fingerprint density at radius 3 is 2.48 bits per heavy atom. The predicted octanol–water partition coefficient (Wildman–Crippen LogP) is -0.787. The van der Waals surface area contributed by atoms with E-state index in [9.17, 15) is 24.8 Å². The quantitative estimate of drug-likeness (QED) is 0.494. The Labute approximate surface area is 119 Å². The SMILES string of the molecule is OC[C@H]1O[C@H](c2cc(O)ccc2OCF)[C@@H](O)[C@@H](O)[C@@H]1O. The first kappa shape index (κ1) is 15.9. The average molecular weight is 304 g/mol. The molecule has 7 nitrogen and oxygen atoms in total. The number of alkyl halides is 1. The van der Waals surface area contributed by atoms with E-state index < -0.39 is 44.0 Å². The van der Waals surface area contributed by atoms with Crippen molar-refractivity contribution in [2.45, 2.75) is 30.5 Å². The molecule has 0 unspecified atom stereocenters. The van der Waals surface area contributed by atoms with Gasteiger partial charge in [-0.25, -0.2) is 4.39 Å². The van der Waals surface area contributed by atoms with Crippen molar-refractivity contribution in [2.24, 2.45) is 0 Å². The lowest BCUT2D eigenvalue weighted by molar-refractivity contribution is -0.232. The van der Waals surface area contributed by atoms with Gasteiger partial charge in [0.25, 0.3) is 0 Å². The van der Waals surface area contributed by atoms with Gasteiger partial charge in [0.2, 0.25) is 6.86 Å². The summed E-state index contributed by atoms with van der Waals surface area (Å²) < 4.78 is 22.5. The number of hydrogen-bond acceptors (Lipinski definition) is 7. The minimum absolute atomic E-state index is 0.0135. The maximum Gasteiger partial charge on any atom is 0.228 e. The van der Waals surface area contributed by atoms with Gasteiger partial charge in [-0.2, -0.15) is 0 Å². The van der Waals surface area contributed by atoms with E-state index in [0.717, 1.165) is 0 Å². The molecule has 1 fully saturated rings. The number of aliphatic hydroxyl groups is 4. The van der Waals surface area contributed by atoms with Crippen LogP contribution >= 0.6 is 0 Å². The van der Waals surface area contributed by atoms with Gasteiger partial charge in [0.1, 0.15) is 42.0 Å². The van der Waals surface area contributed by atoms with Crippen molar-refractivity contribution in [1.29, 1.82) is 0 Å². The summed E-state index contributed by atoms with van der Waals surface area (Å²) in [5, 5.41) is 48.1. The van der Waals surface area contributed by atoms with Crippen LogP contribution in [-0.4, -0.2) is 63.4 Å². The lowest BCUT2D eigenvalue weighted by Crippen LogP contribution is -2.55. The standard InChI is InChI=1S/C13H17FO7/c14-5-20-8-2-1-6(16)3-7(8)13-12(19)11(18)10(17)9(4-15)21-13/h1-3,9-13,15-19H,4-5H2/t9-,10-,11+,12+,13-/m1/s1. The third-order valence-electron chi connectivity index (χ3n) is 3.40. The van der Waals surface area contributed by atoms with Crippen LogP contribution in [0.3, 0.4) is 0 Å². The van der Waals surface area contributed by atoms with Gasteiger partial charge in [0.15, 0.2) is 0 Å². The molecule has 0 spiro atoms. The summed E-state index contributed by atoms with van der Waals surface area (Å²) in [5.41, 5.74) is 0.101. The lowest BCUT2D eigenvalue weighted by atomic mass is 9.91. The highest BCUT2D eigenvalue weighted by Crippen LogP contribution is 2.38. The van der Waals surface area contributed by atoms with Crippen molar-refractivity contribution in [1.82, 2.24) is 0 Å². The van der Waals surface area contributed by atoms with Gasteiger partial charge in [0.05, 0.1) is 6.61 Å². The minimum atomic E-state index is -1.57. The average Bonchev–Trinajstić information content (AvgIpc) is 2.47. The summed E-state index contributed by atoms with van der Waals surface area (Å²) in [7, 11) is 0. The normalized spacial score (nSPS) is 32.9. The molecule has 8 heteroatoms. The van der Waals surface area contributed by atoms with Crippen molar-refractivity contribution in [3.63, 3.8) is 0 Å². The smallest absolute Gasteiger partial charge is 0.228 e. The number of aliphatic hydroxyl groups excluding tert-OH is 4. The third-order valence-corrected chi connectivity index (χ3v) is 3.40. The topological polar surface area (TPSA) is 120 Å². The summed E-state index contributed by atoms with van der Waals surface area (Å²) in [6.07, 6.45) is -6.90. The molecule has 1 aliphatic rings. The zero-order chi connectivity index (χ0) is 15.6. The van der Waals surface area contributed by atoms with Crippen LogP contribution in [0.4, 0.5) is 4.39 Å². The van der Waals surface area contributed by atoms with E-state index >= 15 is 0 Å². The van der Waals surface area contributed by atoms with Crippen molar-refractivity contribution >= 4 is 0 Å². The summed E-state index contributed by atoms with van der Waals surface area (Å²) >= 11 is 0. The molecule has 1 aliphatic heterocycles. The largest absolute Gasteiger partial charge is 0.508 e. The molecule has 0 bridgehead atoms. The molecular formula is C13H17FO7. The maximum atomic E-state index is 12.4. The zero-order valence-corrected chi connectivity index (χ0v) is 11.0. The summed E-state index contributed by atoms with van der Waals surface area (Å²) in [6, 6.07) is 3.74. The lowest BCUT2D eigenvalue weighted by Gasteiger charge is -2.40. The molecule has 118 valence electrons. The molecule has 0 amide bonds. The van der Waals surface area contributed by atoms with Crippen molar-refractivity contribution in [3.05, 3.63) is 23.8 Å². The highest BCUT2D eigenvalue weighted by molar-refractivity contribution is 5.42. The van der Waals surface area contributed by atoms with E-state index in [0.29, 0.717) is 0 Å². The molecule has 1 saturated heterocycles. The second-order valence-electron chi connectivity index (χ2n) is 4.73. The second kappa shape index (κ2) is 6.54. The number of aromatic hydroxyl groups is 1. The van der Waals surface area contributed by atoms with Crippen LogP contribution in [0.5, 0.6) is 11.5 Å². The van der Waals surface area contributed by atoms with E-state index in [1.54, 1.807) is 0 Å². The fourth-order valence-electron chi connectivity index (χ4n) is 2.31. The van der Waals surface area contributed by atoms with Crippen molar-refractivity contribution < 1.29 is 39.4 Å². The predicted molar refractivity (Wildman–Crippen MR) is 67.4 cm³/mol. The summed E-state index contributed by atoms with van der Waals surface area (Å²) in [6.45, 7) is -1.71. The van der Waals surface area contributed by atoms with Gasteiger partial charge >= 0.3 is 0 Å². The monoisotopic (exact) mass is 304 g/mol. The molecule has 5 N–H and O–H groups in total. The van der Waals surface area contributed by atoms with E-state index in [1.165, 1.54) is 18.2 Å². The molecule has 5 atom stereocenters. The second-order valence-corrected chi connectivity index (χ2v) is 4.73. The first-order chi connectivity index (χ1) is 9.99. The Morgan fingerprint density at radius 1 is 1.14 bits per heavy atom. The molecule has 0 aromatic heterocycles. The fraction of sp³-hybridized carbons (Fsp3) is 0.538. The number of phenolic OH excluding ortho intramolecular Hbond substituents is 1. The van der Waals surface area contributed by atoms with E-state index in [4.69, 9.17) is 14.6 Å². The molecular weight excluding hydrogens is 287 g/mol. The van der Waals surface area contributed by atoms with Gasteiger partial charge in [-0.05, 0) is 18.2 Å². The summed E-state index contributed by atoms with van der Waals surface area (Å²) in [5.74, 6) is -0.159. The van der Waals surface area contributed by atoms with Crippen molar-refractivity contribution in [3.8, 4) is 11.5 Å². The van der Waals surface area contributed by atoms with Crippen LogP contribution < -0.4 is 4.74 Å². The van der Waals surface area contributed by atoms with E-state index in [1.807, 2.05) is 0 Å². The molecule has 0 aliphatic carbocycles. The Morgan fingerprint density at radius 2 is 1.86 bits per heavy atom. The minimum Gasteiger partial charge on any atom is -0.508 e. The Kier molecular flexibility index (Phi) is 4.96. The van der Waals surface area contributed by atoms with Crippen LogP contribution in [0.15, 0.2) is 18.2 Å². The van der Waals surface area contributed by atoms with Gasteiger partial charge in [0, 0.05) is 5.56 Å². The number of rotatable bonds is 4. The maximum absolute atomic E-state index is 12.4. The number of hydrogen-bond donors (Lipinski definition) is 5. The van der Waals surface area contributed by atoms with E-state index in [-0.39, 0.29) is 17.1 Å². The van der Waals surface area contributed by atoms with E-state index in [2.05, 4.69) is 0 Å². The van der Waals surface area contributed by atoms with Gasteiger partial charge in [-0.3, -0.25) is 0 Å². The van der Waals surface area contributed by atoms with Crippen molar-refractivity contribution in [2.75, 3.05) is 13.5 Å². The fourth-order valence-corrected chi connectivity index (χ4v) is 2.31. The highest BCUT2D eigenvalue weighted by atomic mass is 19.1. The number of benzene rings is 1. The highest BCUT2D eigenvalue weighted by Gasteiger charge is 2.44. The molecule has 1 aromatic rings. The zero-order valence-electron chi connectivity index (χ0n) is 11.0. The third kappa shape index (κ3) is 3.09. The van der Waals surface area contributed by atoms with Gasteiger partial charge < -0.3 is 35.0 Å². The van der Waals surface area contributed by atoms with Crippen LogP contribution in [-0.2, 0) is 4.74 Å². The molecule has 1 heterocycles. The molecule has 21 heavy (non-hydrogen) atoms. The van der Waals surface area contributed by atoms with Crippen LogP contribution in [0.1, 0.15) is 11.7 Å². The summed E-state index contributed by atoms with van der Waals surface area (Å²) in [4.78, 5) is 0. The number of phenols is 1. The Hall–Kier alpha value is -1.45. The van der Waals surface area contributed by atoms with Crippen LogP contribution in [0, 0.1) is 0 Å². The molecule has 2 rings (SSSR count). The Balaban J connectivity index is 2.37. The van der Waals surface area contributed by atoms with Crippen LogP contribution in [0.2, 0.25) is 0 Å². The molecule has 1 aromatic carbocycles. The first-order valence-electron chi connectivity index (χ1n) is 6.31. The first-order valence-corrected chi connectivity index (χ1v) is 6.31. The molecule has 0 radical (unpaired) electrons. The van der Waals surface area contributed by atoms with Crippen LogP contribution in [0.25, 0.3) is 0 Å².